The van der Waals surface area contributed by atoms with E-state index in [9.17, 15) is 14.5 Å². The van der Waals surface area contributed by atoms with Crippen LogP contribution in [-0.4, -0.2) is 14.9 Å². The van der Waals surface area contributed by atoms with Crippen molar-refractivity contribution in [3.8, 4) is 11.6 Å². The van der Waals surface area contributed by atoms with Crippen LogP contribution < -0.4 is 4.74 Å². The van der Waals surface area contributed by atoms with Crippen molar-refractivity contribution < 1.29 is 14.1 Å². The van der Waals surface area contributed by atoms with Gasteiger partial charge in [-0.05, 0) is 30.7 Å². The molecule has 0 atom stereocenters. The van der Waals surface area contributed by atoms with Gasteiger partial charge in [-0.2, -0.15) is 4.98 Å². The van der Waals surface area contributed by atoms with Crippen LogP contribution in [0.1, 0.15) is 5.69 Å². The smallest absolute Gasteiger partial charge is 0.352 e. The number of benzene rings is 1. The summed E-state index contributed by atoms with van der Waals surface area (Å²) in [4.78, 5) is 17.5. The van der Waals surface area contributed by atoms with E-state index in [1.54, 1.807) is 0 Å². The molecule has 2 rings (SSSR count). The third-order valence-electron chi connectivity index (χ3n) is 2.22. The maximum atomic E-state index is 13.4. The van der Waals surface area contributed by atoms with E-state index in [2.05, 4.69) is 9.97 Å². The van der Waals surface area contributed by atoms with Crippen molar-refractivity contribution in [1.82, 2.24) is 9.97 Å². The molecule has 0 saturated heterocycles. The van der Waals surface area contributed by atoms with Gasteiger partial charge in [-0.1, -0.05) is 12.1 Å². The monoisotopic (exact) mass is 283 g/mol. The number of nitrogens with zero attached hydrogens (tertiary/aromatic N) is 3. The zero-order valence-electron chi connectivity index (χ0n) is 9.63. The molecule has 0 spiro atoms. The number of aromatic nitrogens is 2. The highest BCUT2D eigenvalue weighted by atomic mass is 35.5. The zero-order chi connectivity index (χ0) is 14.0. The number of nitro groups is 1. The highest BCUT2D eigenvalue weighted by Crippen LogP contribution is 2.33. The molecule has 98 valence electrons. The van der Waals surface area contributed by atoms with Crippen LogP contribution in [0.4, 0.5) is 10.1 Å². The van der Waals surface area contributed by atoms with Crippen molar-refractivity contribution in [2.75, 3.05) is 0 Å². The summed E-state index contributed by atoms with van der Waals surface area (Å²) in [7, 11) is 0. The Hall–Kier alpha value is -2.28. The molecule has 2 aromatic rings. The van der Waals surface area contributed by atoms with E-state index >= 15 is 0 Å². The Balaban J connectivity index is 2.51. The number of rotatable bonds is 3. The summed E-state index contributed by atoms with van der Waals surface area (Å²) < 4.78 is 18.5. The second kappa shape index (κ2) is 5.15. The Kier molecular flexibility index (Phi) is 3.57. The standard InChI is InChI=1S/C11H7ClFN3O3/c1-6-9(16(17)18)10(15-11(12)14-6)19-8-5-3-2-4-7(8)13/h2-5H,1H3. The van der Waals surface area contributed by atoms with Crippen LogP contribution in [0.25, 0.3) is 0 Å². The van der Waals surface area contributed by atoms with Gasteiger partial charge in [0.05, 0.1) is 4.92 Å². The molecular weight excluding hydrogens is 277 g/mol. The SMILES string of the molecule is Cc1nc(Cl)nc(Oc2ccccc2F)c1[N+](=O)[O-]. The molecular formula is C11H7ClFN3O3. The summed E-state index contributed by atoms with van der Waals surface area (Å²) in [5.41, 5.74) is -0.413. The lowest BCUT2D eigenvalue weighted by Crippen LogP contribution is -2.02. The van der Waals surface area contributed by atoms with Crippen LogP contribution in [0, 0.1) is 22.9 Å². The van der Waals surface area contributed by atoms with Crippen molar-refractivity contribution in [2.24, 2.45) is 0 Å². The van der Waals surface area contributed by atoms with E-state index in [0.717, 1.165) is 6.07 Å². The third-order valence-corrected chi connectivity index (χ3v) is 2.39. The fourth-order valence-electron chi connectivity index (χ4n) is 1.42. The molecule has 0 radical (unpaired) electrons. The summed E-state index contributed by atoms with van der Waals surface area (Å²) in [5, 5.41) is 10.7. The van der Waals surface area contributed by atoms with Gasteiger partial charge in [-0.25, -0.2) is 9.37 Å². The first-order chi connectivity index (χ1) is 8.99. The first-order valence-corrected chi connectivity index (χ1v) is 5.47. The minimum Gasteiger partial charge on any atom is -0.430 e. The summed E-state index contributed by atoms with van der Waals surface area (Å²) >= 11 is 5.61. The van der Waals surface area contributed by atoms with Gasteiger partial charge in [0.25, 0.3) is 0 Å². The fourth-order valence-corrected chi connectivity index (χ4v) is 1.62. The van der Waals surface area contributed by atoms with Crippen LogP contribution in [0.3, 0.4) is 0 Å². The van der Waals surface area contributed by atoms with Crippen LogP contribution in [0.2, 0.25) is 5.28 Å². The zero-order valence-corrected chi connectivity index (χ0v) is 10.4. The molecule has 0 aliphatic heterocycles. The molecule has 1 aromatic heterocycles. The minimum absolute atomic E-state index is 0.0383. The second-order valence-corrected chi connectivity index (χ2v) is 3.86. The normalized spacial score (nSPS) is 10.3. The van der Waals surface area contributed by atoms with Crippen LogP contribution in [0.5, 0.6) is 11.6 Å². The van der Waals surface area contributed by atoms with Gasteiger partial charge in [-0.15, -0.1) is 0 Å². The molecule has 0 aliphatic rings. The molecule has 0 fully saturated rings. The summed E-state index contributed by atoms with van der Waals surface area (Å²) in [5.74, 6) is -1.24. The van der Waals surface area contributed by atoms with E-state index in [1.165, 1.54) is 25.1 Å². The Morgan fingerprint density at radius 1 is 1.37 bits per heavy atom. The highest BCUT2D eigenvalue weighted by molar-refractivity contribution is 6.28. The first-order valence-electron chi connectivity index (χ1n) is 5.10. The number of para-hydroxylation sites is 1. The van der Waals surface area contributed by atoms with Crippen molar-refractivity contribution >= 4 is 17.3 Å². The molecule has 0 unspecified atom stereocenters. The van der Waals surface area contributed by atoms with E-state index in [-0.39, 0.29) is 16.7 Å². The molecule has 0 aliphatic carbocycles. The van der Waals surface area contributed by atoms with Crippen LogP contribution in [-0.2, 0) is 0 Å². The Morgan fingerprint density at radius 2 is 2.05 bits per heavy atom. The van der Waals surface area contributed by atoms with Gasteiger partial charge in [0, 0.05) is 0 Å². The average molecular weight is 284 g/mol. The number of ether oxygens (including phenoxy) is 1. The van der Waals surface area contributed by atoms with E-state index in [4.69, 9.17) is 16.3 Å². The van der Waals surface area contributed by atoms with Crippen LogP contribution in [0.15, 0.2) is 24.3 Å². The van der Waals surface area contributed by atoms with E-state index in [1.807, 2.05) is 0 Å². The van der Waals surface area contributed by atoms with Gasteiger partial charge < -0.3 is 4.74 Å². The molecule has 8 heteroatoms. The molecule has 19 heavy (non-hydrogen) atoms. The maximum absolute atomic E-state index is 13.4. The topological polar surface area (TPSA) is 78.2 Å². The maximum Gasteiger partial charge on any atom is 0.352 e. The minimum atomic E-state index is -0.707. The lowest BCUT2D eigenvalue weighted by atomic mass is 10.3. The first kappa shape index (κ1) is 13.2. The largest absolute Gasteiger partial charge is 0.430 e. The van der Waals surface area contributed by atoms with Gasteiger partial charge in [-0.3, -0.25) is 10.1 Å². The second-order valence-electron chi connectivity index (χ2n) is 3.52. The molecule has 1 aromatic carbocycles. The Morgan fingerprint density at radius 3 is 2.68 bits per heavy atom. The average Bonchev–Trinajstić information content (AvgIpc) is 2.30. The van der Waals surface area contributed by atoms with Gasteiger partial charge >= 0.3 is 11.6 Å². The summed E-state index contributed by atoms with van der Waals surface area (Å²) in [6, 6.07) is 5.48. The molecule has 0 amide bonds. The van der Waals surface area contributed by atoms with Crippen molar-refractivity contribution in [3.05, 3.63) is 51.2 Å². The number of halogens is 2. The predicted molar refractivity (Wildman–Crippen MR) is 64.9 cm³/mol. The Labute approximate surface area is 112 Å². The highest BCUT2D eigenvalue weighted by Gasteiger charge is 2.24. The number of hydrogen-bond donors (Lipinski definition) is 0. The van der Waals surface area contributed by atoms with Crippen molar-refractivity contribution in [3.63, 3.8) is 0 Å². The number of aryl methyl sites for hydroxylation is 1. The third kappa shape index (κ3) is 2.76. The molecule has 0 N–H and O–H groups in total. The summed E-state index contributed by atoms with van der Waals surface area (Å²) in [6.45, 7) is 1.39. The fraction of sp³-hybridized carbons (Fsp3) is 0.0909. The molecule has 0 saturated carbocycles. The van der Waals surface area contributed by atoms with Gasteiger partial charge in [0.15, 0.2) is 11.6 Å². The lowest BCUT2D eigenvalue weighted by molar-refractivity contribution is -0.386. The predicted octanol–water partition coefficient (Wildman–Crippen LogP) is 3.28. The molecule has 1 heterocycles. The van der Waals surface area contributed by atoms with Crippen molar-refractivity contribution in [1.29, 1.82) is 0 Å². The number of hydrogen-bond acceptors (Lipinski definition) is 5. The van der Waals surface area contributed by atoms with Gasteiger partial charge in [0.2, 0.25) is 5.28 Å². The van der Waals surface area contributed by atoms with Gasteiger partial charge in [0.1, 0.15) is 5.69 Å². The van der Waals surface area contributed by atoms with E-state index in [0.29, 0.717) is 0 Å². The molecule has 0 bridgehead atoms. The lowest BCUT2D eigenvalue weighted by Gasteiger charge is -2.07. The van der Waals surface area contributed by atoms with E-state index < -0.39 is 22.3 Å². The quantitative estimate of drug-likeness (QED) is 0.491. The Bertz CT molecular complexity index is 651. The van der Waals surface area contributed by atoms with Crippen molar-refractivity contribution in [2.45, 2.75) is 6.92 Å². The molecule has 6 nitrogen and oxygen atoms in total. The van der Waals surface area contributed by atoms with Crippen LogP contribution >= 0.6 is 11.6 Å². The summed E-state index contributed by atoms with van der Waals surface area (Å²) in [6.07, 6.45) is 0.